The normalized spacial score (nSPS) is 21.7. The van der Waals surface area contributed by atoms with Gasteiger partial charge in [-0.25, -0.2) is 9.18 Å². The van der Waals surface area contributed by atoms with Gasteiger partial charge in [0.05, 0.1) is 17.6 Å². The van der Waals surface area contributed by atoms with Crippen molar-refractivity contribution in [3.8, 4) is 0 Å². The number of piperidine rings is 1. The highest BCUT2D eigenvalue weighted by Gasteiger charge is 2.45. The number of alkyl halides is 1. The Bertz CT molecular complexity index is 1330. The average molecular weight is 504 g/mol. The lowest BCUT2D eigenvalue weighted by Crippen LogP contribution is -2.55. The van der Waals surface area contributed by atoms with Crippen LogP contribution in [0.4, 0.5) is 20.7 Å². The number of aromatic nitrogens is 3. The zero-order valence-corrected chi connectivity index (χ0v) is 21.2. The molecule has 3 atom stereocenters. The van der Waals surface area contributed by atoms with Gasteiger partial charge in [0, 0.05) is 40.4 Å². The maximum Gasteiger partial charge on any atom is 0.410 e. The van der Waals surface area contributed by atoms with Gasteiger partial charge in [-0.2, -0.15) is 5.10 Å². The molecule has 0 bridgehead atoms. The molecule has 1 fully saturated rings. The van der Waals surface area contributed by atoms with Crippen molar-refractivity contribution < 1.29 is 18.1 Å². The van der Waals surface area contributed by atoms with Crippen molar-refractivity contribution in [3.05, 3.63) is 46.9 Å². The second-order valence-corrected chi connectivity index (χ2v) is 11.3. The first-order valence-corrected chi connectivity index (χ1v) is 12.9. The van der Waals surface area contributed by atoms with Crippen LogP contribution in [-0.2, 0) is 21.1 Å². The topological polar surface area (TPSA) is 109 Å². The van der Waals surface area contributed by atoms with Gasteiger partial charge < -0.3 is 19.9 Å². The van der Waals surface area contributed by atoms with E-state index in [2.05, 4.69) is 15.4 Å². The summed E-state index contributed by atoms with van der Waals surface area (Å²) in [7, 11) is -1.11. The average Bonchev–Trinajstić information content (AvgIpc) is 3.15. The van der Waals surface area contributed by atoms with Gasteiger partial charge in [0.25, 0.3) is 5.56 Å². The van der Waals surface area contributed by atoms with E-state index in [0.717, 1.165) is 0 Å². The summed E-state index contributed by atoms with van der Waals surface area (Å²) in [5.74, 6) is 0.287. The van der Waals surface area contributed by atoms with Crippen molar-refractivity contribution in [3.63, 3.8) is 0 Å². The monoisotopic (exact) mass is 503 g/mol. The number of fused-ring (bicyclic) bond motifs is 1. The Balaban J connectivity index is 1.67. The highest BCUT2D eigenvalue weighted by molar-refractivity contribution is 7.84. The van der Waals surface area contributed by atoms with Crippen molar-refractivity contribution in [2.24, 2.45) is 0 Å². The summed E-state index contributed by atoms with van der Waals surface area (Å²) >= 11 is 0. The van der Waals surface area contributed by atoms with Crippen molar-refractivity contribution in [1.82, 2.24) is 19.7 Å². The number of benzene rings is 1. The molecule has 1 aliphatic heterocycles. The minimum absolute atomic E-state index is 0.145. The van der Waals surface area contributed by atoms with E-state index in [1.807, 2.05) is 0 Å². The van der Waals surface area contributed by atoms with Crippen LogP contribution in [0.15, 0.2) is 46.2 Å². The highest BCUT2D eigenvalue weighted by atomic mass is 32.2. The first-order valence-electron chi connectivity index (χ1n) is 11.3. The number of likely N-dealkylation sites (tertiary alicyclic amines) is 1. The van der Waals surface area contributed by atoms with E-state index in [1.54, 1.807) is 69.0 Å². The molecule has 0 spiro atoms. The third-order valence-corrected chi connectivity index (χ3v) is 7.07. The maximum atomic E-state index is 15.7. The highest BCUT2D eigenvalue weighted by Crippen LogP contribution is 2.36. The number of aromatic amines is 1. The lowest BCUT2D eigenvalue weighted by Gasteiger charge is -2.42. The second-order valence-electron chi connectivity index (χ2n) is 9.93. The zero-order valence-electron chi connectivity index (χ0n) is 20.4. The van der Waals surface area contributed by atoms with Crippen LogP contribution < -0.4 is 10.9 Å². The molecule has 0 saturated carbocycles. The molecule has 9 nitrogen and oxygen atoms in total. The number of amides is 1. The van der Waals surface area contributed by atoms with E-state index in [-0.39, 0.29) is 30.9 Å². The number of pyridine rings is 1. The Morgan fingerprint density at radius 1 is 1.29 bits per heavy atom. The number of H-pyrrole nitrogens is 1. The summed E-state index contributed by atoms with van der Waals surface area (Å²) in [5, 5.41) is 8.07. The summed E-state index contributed by atoms with van der Waals surface area (Å²) in [5.41, 5.74) is -0.983. The fraction of sp³-hybridized carbons (Fsp3) is 0.458. The Hall–Kier alpha value is -3.21. The number of ether oxygens (including phenoxy) is 1. The van der Waals surface area contributed by atoms with Crippen molar-refractivity contribution in [2.45, 2.75) is 56.3 Å². The van der Waals surface area contributed by atoms with Gasteiger partial charge in [-0.05, 0) is 64.4 Å². The number of anilines is 2. The van der Waals surface area contributed by atoms with Crippen LogP contribution >= 0.6 is 0 Å². The summed E-state index contributed by atoms with van der Waals surface area (Å²) < 4.78 is 34.3. The van der Waals surface area contributed by atoms with Gasteiger partial charge in [0.15, 0.2) is 5.82 Å². The summed E-state index contributed by atoms with van der Waals surface area (Å²) in [6.07, 6.45) is 1.39. The van der Waals surface area contributed by atoms with E-state index in [1.165, 1.54) is 11.1 Å². The maximum absolute atomic E-state index is 15.7. The fourth-order valence-electron chi connectivity index (χ4n) is 4.15. The minimum Gasteiger partial charge on any atom is -0.444 e. The van der Waals surface area contributed by atoms with Gasteiger partial charge in [0.2, 0.25) is 0 Å². The van der Waals surface area contributed by atoms with Gasteiger partial charge in [-0.15, -0.1) is 0 Å². The van der Waals surface area contributed by atoms with Crippen LogP contribution in [0, 0.1) is 0 Å². The standard InChI is InChI=1S/C24H30FN5O4S/c1-23(2,3)34-22(32)29-13-11-24(4,18(25)14-29)30-17-10-12-26-21(31)19(17)20(28-30)27-15-6-8-16(9-7-15)35(5)33/h6-10,12,18H,11,13-14H2,1-5H3,(H,26,31)(H,27,28)/t18-,24-,35?/m0/s1. The largest absolute Gasteiger partial charge is 0.444 e. The summed E-state index contributed by atoms with van der Waals surface area (Å²) in [6, 6.07) is 8.65. The first-order chi connectivity index (χ1) is 16.4. The molecule has 1 saturated heterocycles. The smallest absolute Gasteiger partial charge is 0.410 e. The van der Waals surface area contributed by atoms with E-state index >= 15 is 4.39 Å². The molecule has 1 unspecified atom stereocenters. The predicted octanol–water partition coefficient (Wildman–Crippen LogP) is 3.90. The number of nitrogens with one attached hydrogen (secondary N) is 2. The molecule has 2 N–H and O–H groups in total. The number of carbonyl (C=O) groups excluding carboxylic acids is 1. The third-order valence-electron chi connectivity index (χ3n) is 6.13. The minimum atomic E-state index is -1.45. The first kappa shape index (κ1) is 24.9. The number of nitrogens with zero attached hydrogens (tertiary/aromatic N) is 3. The van der Waals surface area contributed by atoms with Crippen LogP contribution in [-0.4, -0.2) is 61.1 Å². The molecule has 0 radical (unpaired) electrons. The molecule has 1 aliphatic rings. The fourth-order valence-corrected chi connectivity index (χ4v) is 4.67. The zero-order chi connectivity index (χ0) is 25.5. The van der Waals surface area contributed by atoms with Gasteiger partial charge in [-0.1, -0.05) is 0 Å². The van der Waals surface area contributed by atoms with Crippen LogP contribution in [0.25, 0.3) is 10.9 Å². The van der Waals surface area contributed by atoms with E-state index < -0.39 is 34.2 Å². The summed E-state index contributed by atoms with van der Waals surface area (Å²) in [6.45, 7) is 7.19. The molecule has 35 heavy (non-hydrogen) atoms. The number of carbonyl (C=O) groups is 1. The molecule has 11 heteroatoms. The predicted molar refractivity (Wildman–Crippen MR) is 133 cm³/mol. The Labute approximate surface area is 205 Å². The lowest BCUT2D eigenvalue weighted by atomic mass is 9.88. The van der Waals surface area contributed by atoms with Crippen LogP contribution in [0.1, 0.15) is 34.1 Å². The molecule has 3 heterocycles. The number of halogens is 1. The Morgan fingerprint density at radius 2 is 1.97 bits per heavy atom. The van der Waals surface area contributed by atoms with Crippen molar-refractivity contribution in [2.75, 3.05) is 24.7 Å². The number of hydrogen-bond acceptors (Lipinski definition) is 6. The van der Waals surface area contributed by atoms with Crippen LogP contribution in [0.2, 0.25) is 0 Å². The molecule has 1 amide bonds. The van der Waals surface area contributed by atoms with E-state index in [4.69, 9.17) is 4.74 Å². The molecular formula is C24H30FN5O4S. The van der Waals surface area contributed by atoms with Crippen molar-refractivity contribution in [1.29, 1.82) is 0 Å². The third kappa shape index (κ3) is 4.95. The molecular weight excluding hydrogens is 473 g/mol. The second kappa shape index (κ2) is 9.10. The molecule has 0 aliphatic carbocycles. The Kier molecular flexibility index (Phi) is 6.48. The van der Waals surface area contributed by atoms with E-state index in [9.17, 15) is 13.8 Å². The lowest BCUT2D eigenvalue weighted by molar-refractivity contribution is -0.0125. The van der Waals surface area contributed by atoms with Crippen molar-refractivity contribution >= 4 is 39.3 Å². The molecule has 3 aromatic rings. The molecule has 4 rings (SSSR count). The van der Waals surface area contributed by atoms with E-state index in [0.29, 0.717) is 21.5 Å². The van der Waals surface area contributed by atoms with Gasteiger partial charge in [-0.3, -0.25) is 13.7 Å². The van der Waals surface area contributed by atoms with Gasteiger partial charge >= 0.3 is 6.09 Å². The number of hydrogen-bond donors (Lipinski definition) is 2. The Morgan fingerprint density at radius 3 is 2.57 bits per heavy atom. The summed E-state index contributed by atoms with van der Waals surface area (Å²) in [4.78, 5) is 29.9. The van der Waals surface area contributed by atoms with Crippen LogP contribution in [0.3, 0.4) is 0 Å². The number of rotatable bonds is 4. The molecule has 188 valence electrons. The molecule has 2 aromatic heterocycles. The van der Waals surface area contributed by atoms with Crippen LogP contribution in [0.5, 0.6) is 0 Å². The quantitative estimate of drug-likeness (QED) is 0.559. The molecule has 1 aromatic carbocycles. The van der Waals surface area contributed by atoms with Gasteiger partial charge in [0.1, 0.15) is 17.2 Å². The SMILES string of the molecule is CS(=O)c1ccc(Nc2nn([C@@]3(C)CCN(C(=O)OC(C)(C)C)C[C@@H]3F)c3cc[nH]c(=O)c23)cc1.